The second-order valence-corrected chi connectivity index (χ2v) is 6.08. The molecule has 0 bridgehead atoms. The Labute approximate surface area is 166 Å². The zero-order chi connectivity index (χ0) is 21.0. The van der Waals surface area contributed by atoms with Gasteiger partial charge in [0.1, 0.15) is 5.82 Å². The number of carbonyl (C=O) groups is 2. The summed E-state index contributed by atoms with van der Waals surface area (Å²) in [5, 5.41) is 6.51. The molecule has 2 aromatic rings. The minimum absolute atomic E-state index is 0.0859. The number of amides is 1. The maximum atomic E-state index is 13.4. The summed E-state index contributed by atoms with van der Waals surface area (Å²) < 4.78 is 28.6. The molecule has 1 N–H and O–H groups in total. The van der Waals surface area contributed by atoms with Crippen LogP contribution in [0.3, 0.4) is 0 Å². The summed E-state index contributed by atoms with van der Waals surface area (Å²) in [6.45, 7) is 0. The van der Waals surface area contributed by atoms with Gasteiger partial charge in [-0.25, -0.2) is 9.18 Å². The highest BCUT2D eigenvalue weighted by atomic mass is 19.1. The van der Waals surface area contributed by atoms with Crippen LogP contribution >= 0.6 is 0 Å². The summed E-state index contributed by atoms with van der Waals surface area (Å²) in [7, 11) is 4.08. The average Bonchev–Trinajstić information content (AvgIpc) is 3.23. The number of methoxy groups -OCH3 is 3. The molecule has 1 amide bonds. The molecule has 0 aromatic heterocycles. The van der Waals surface area contributed by atoms with Crippen molar-refractivity contribution in [3.63, 3.8) is 0 Å². The van der Waals surface area contributed by atoms with Gasteiger partial charge < -0.3 is 24.4 Å². The minimum atomic E-state index is -0.938. The van der Waals surface area contributed by atoms with Crippen LogP contribution in [-0.2, 0) is 14.4 Å². The number of carbonyl (C=O) groups excluding carboxylic acids is 2. The molecule has 2 aromatic carbocycles. The summed E-state index contributed by atoms with van der Waals surface area (Å²) in [5.41, 5.74) is 1.23. The maximum Gasteiger partial charge on any atom is 0.340 e. The lowest BCUT2D eigenvalue weighted by Crippen LogP contribution is -2.29. The van der Waals surface area contributed by atoms with Crippen LogP contribution in [0.15, 0.2) is 41.6 Å². The molecule has 29 heavy (non-hydrogen) atoms. The quantitative estimate of drug-likeness (QED) is 0.747. The Morgan fingerprint density at radius 3 is 2.52 bits per heavy atom. The van der Waals surface area contributed by atoms with E-state index in [4.69, 9.17) is 19.0 Å². The molecule has 0 saturated heterocycles. The highest BCUT2D eigenvalue weighted by Gasteiger charge is 2.30. The third-order valence-electron chi connectivity index (χ3n) is 4.31. The summed E-state index contributed by atoms with van der Waals surface area (Å²) in [6.07, 6.45) is -0.789. The number of hydrogen-bond acceptors (Lipinski definition) is 7. The van der Waals surface area contributed by atoms with Crippen LogP contribution < -0.4 is 14.8 Å². The number of nitrogens with zero attached hydrogens (tertiary/aromatic N) is 1. The van der Waals surface area contributed by atoms with E-state index in [0.717, 1.165) is 0 Å². The topological polar surface area (TPSA) is 95.5 Å². The molecule has 0 unspecified atom stereocenters. The van der Waals surface area contributed by atoms with Crippen LogP contribution in [0.25, 0.3) is 0 Å². The van der Waals surface area contributed by atoms with Gasteiger partial charge in [0.25, 0.3) is 5.91 Å². The number of halogens is 1. The molecule has 9 heteroatoms. The van der Waals surface area contributed by atoms with Crippen LogP contribution in [0.1, 0.15) is 22.3 Å². The lowest BCUT2D eigenvalue weighted by molar-refractivity contribution is -0.125. The Morgan fingerprint density at radius 1 is 1.14 bits per heavy atom. The fourth-order valence-electron chi connectivity index (χ4n) is 2.83. The number of anilines is 1. The fourth-order valence-corrected chi connectivity index (χ4v) is 2.83. The SMILES string of the molecule is COC(=O)c1cc(OC)c(OC)cc1NC(=O)[C@@H]1CC(c2cccc(F)c2)=NO1. The number of hydrogen-bond donors (Lipinski definition) is 1. The Balaban J connectivity index is 1.79. The van der Waals surface area contributed by atoms with Gasteiger partial charge in [-0.05, 0) is 12.1 Å². The van der Waals surface area contributed by atoms with Crippen molar-refractivity contribution in [1.82, 2.24) is 0 Å². The fraction of sp³-hybridized carbons (Fsp3) is 0.250. The van der Waals surface area contributed by atoms with Crippen LogP contribution in [-0.4, -0.2) is 45.0 Å². The molecule has 3 rings (SSSR count). The van der Waals surface area contributed by atoms with Gasteiger partial charge in [-0.15, -0.1) is 0 Å². The second kappa shape index (κ2) is 8.59. The van der Waals surface area contributed by atoms with Gasteiger partial charge in [-0.3, -0.25) is 4.79 Å². The largest absolute Gasteiger partial charge is 0.493 e. The van der Waals surface area contributed by atoms with E-state index in [-0.39, 0.29) is 17.7 Å². The van der Waals surface area contributed by atoms with Crippen LogP contribution in [0.4, 0.5) is 10.1 Å². The molecule has 152 valence electrons. The average molecular weight is 402 g/mol. The van der Waals surface area contributed by atoms with Crippen molar-refractivity contribution in [1.29, 1.82) is 0 Å². The van der Waals surface area contributed by atoms with E-state index in [1.807, 2.05) is 0 Å². The minimum Gasteiger partial charge on any atom is -0.493 e. The monoisotopic (exact) mass is 402 g/mol. The van der Waals surface area contributed by atoms with Crippen LogP contribution in [0.2, 0.25) is 0 Å². The molecule has 0 fully saturated rings. The van der Waals surface area contributed by atoms with Crippen molar-refractivity contribution in [2.24, 2.45) is 5.16 Å². The molecule has 1 atom stereocenters. The highest BCUT2D eigenvalue weighted by Crippen LogP contribution is 2.34. The molecule has 1 aliphatic heterocycles. The molecule has 0 radical (unpaired) electrons. The van der Waals surface area contributed by atoms with E-state index >= 15 is 0 Å². The first-order valence-electron chi connectivity index (χ1n) is 8.60. The predicted octanol–water partition coefficient (Wildman–Crippen LogP) is 2.76. The summed E-state index contributed by atoms with van der Waals surface area (Å²) in [5.74, 6) is -0.979. The molecule has 0 aliphatic carbocycles. The Morgan fingerprint density at radius 2 is 1.86 bits per heavy atom. The van der Waals surface area contributed by atoms with E-state index in [2.05, 4.69) is 10.5 Å². The van der Waals surface area contributed by atoms with Crippen molar-refractivity contribution in [3.05, 3.63) is 53.3 Å². The molecule has 0 spiro atoms. The van der Waals surface area contributed by atoms with E-state index in [1.165, 1.54) is 45.6 Å². The lowest BCUT2D eigenvalue weighted by atomic mass is 10.0. The van der Waals surface area contributed by atoms with Gasteiger partial charge in [0.2, 0.25) is 6.10 Å². The van der Waals surface area contributed by atoms with Gasteiger partial charge in [0.05, 0.1) is 38.3 Å². The zero-order valence-corrected chi connectivity index (χ0v) is 16.0. The van der Waals surface area contributed by atoms with Crippen LogP contribution in [0.5, 0.6) is 11.5 Å². The van der Waals surface area contributed by atoms with E-state index in [0.29, 0.717) is 22.8 Å². The number of ether oxygens (including phenoxy) is 3. The Bertz CT molecular complexity index is 975. The van der Waals surface area contributed by atoms with E-state index in [1.54, 1.807) is 12.1 Å². The molecule has 1 heterocycles. The normalized spacial score (nSPS) is 15.2. The zero-order valence-electron chi connectivity index (χ0n) is 16.0. The third kappa shape index (κ3) is 4.29. The summed E-state index contributed by atoms with van der Waals surface area (Å²) in [4.78, 5) is 30.0. The van der Waals surface area contributed by atoms with Crippen molar-refractivity contribution >= 4 is 23.3 Å². The first-order valence-corrected chi connectivity index (χ1v) is 8.60. The van der Waals surface area contributed by atoms with Crippen molar-refractivity contribution in [2.45, 2.75) is 12.5 Å². The first kappa shape index (κ1) is 20.1. The summed E-state index contributed by atoms with van der Waals surface area (Å²) >= 11 is 0. The molecule has 0 saturated carbocycles. The number of oxime groups is 1. The van der Waals surface area contributed by atoms with Gasteiger partial charge in [0, 0.05) is 24.1 Å². The lowest BCUT2D eigenvalue weighted by Gasteiger charge is -2.16. The standard InChI is InChI=1S/C20H19FN2O6/c1-26-16-8-13(20(25)28-3)15(10-17(16)27-2)22-19(24)18-9-14(23-29-18)11-5-4-6-12(21)7-11/h4-8,10,18H,9H2,1-3H3,(H,22,24)/t18-/m0/s1. The molecule has 8 nitrogen and oxygen atoms in total. The number of benzene rings is 2. The number of esters is 1. The van der Waals surface area contributed by atoms with Crippen LogP contribution in [0, 0.1) is 5.82 Å². The van der Waals surface area contributed by atoms with Gasteiger partial charge in [-0.1, -0.05) is 17.3 Å². The number of rotatable bonds is 6. The molecular formula is C20H19FN2O6. The Hall–Kier alpha value is -3.62. The van der Waals surface area contributed by atoms with Gasteiger partial charge in [0.15, 0.2) is 11.5 Å². The smallest absolute Gasteiger partial charge is 0.340 e. The maximum absolute atomic E-state index is 13.4. The van der Waals surface area contributed by atoms with Gasteiger partial charge >= 0.3 is 5.97 Å². The number of nitrogens with one attached hydrogen (secondary N) is 1. The highest BCUT2D eigenvalue weighted by molar-refractivity contribution is 6.08. The third-order valence-corrected chi connectivity index (χ3v) is 4.31. The predicted molar refractivity (Wildman–Crippen MR) is 102 cm³/mol. The van der Waals surface area contributed by atoms with Crippen molar-refractivity contribution < 1.29 is 33.0 Å². The second-order valence-electron chi connectivity index (χ2n) is 6.08. The van der Waals surface area contributed by atoms with Crippen molar-refractivity contribution in [3.8, 4) is 11.5 Å². The molecule has 1 aliphatic rings. The molecular weight excluding hydrogens is 383 g/mol. The summed E-state index contributed by atoms with van der Waals surface area (Å²) in [6, 6.07) is 8.71. The van der Waals surface area contributed by atoms with E-state index in [9.17, 15) is 14.0 Å². The first-order chi connectivity index (χ1) is 14.0. The van der Waals surface area contributed by atoms with Crippen molar-refractivity contribution in [2.75, 3.05) is 26.6 Å². The van der Waals surface area contributed by atoms with E-state index < -0.39 is 23.8 Å². The Kier molecular flexibility index (Phi) is 5.96. The van der Waals surface area contributed by atoms with Gasteiger partial charge in [-0.2, -0.15) is 0 Å².